The number of nitrogens with two attached hydrogens (primary N) is 1. The lowest BCUT2D eigenvalue weighted by Gasteiger charge is -2.20. The second-order valence-corrected chi connectivity index (χ2v) is 6.75. The van der Waals surface area contributed by atoms with Gasteiger partial charge in [0.2, 0.25) is 10.0 Å². The fourth-order valence-electron chi connectivity index (χ4n) is 2.20. The van der Waals surface area contributed by atoms with Gasteiger partial charge in [0.25, 0.3) is 0 Å². The van der Waals surface area contributed by atoms with E-state index in [0.717, 1.165) is 18.4 Å². The first-order chi connectivity index (χ1) is 9.03. The highest BCUT2D eigenvalue weighted by molar-refractivity contribution is 7.92. The zero-order chi connectivity index (χ0) is 13.9. The summed E-state index contributed by atoms with van der Waals surface area (Å²) in [5.41, 5.74) is 6.40. The van der Waals surface area contributed by atoms with Crippen LogP contribution in [0.15, 0.2) is 29.7 Å². The smallest absolute Gasteiger partial charge is 0.236 e. The summed E-state index contributed by atoms with van der Waals surface area (Å²) in [7, 11) is -3.39. The third kappa shape index (κ3) is 3.57. The molecular formula is C13H17ClN2O2S. The van der Waals surface area contributed by atoms with E-state index < -0.39 is 10.0 Å². The molecule has 0 amide bonds. The summed E-state index contributed by atoms with van der Waals surface area (Å²) in [5, 5.41) is 1.87. The van der Waals surface area contributed by atoms with Crippen LogP contribution in [0.5, 0.6) is 0 Å². The van der Waals surface area contributed by atoms with Crippen LogP contribution in [-0.2, 0) is 10.0 Å². The molecule has 4 nitrogen and oxygen atoms in total. The molecule has 1 fully saturated rings. The van der Waals surface area contributed by atoms with Gasteiger partial charge in [0, 0.05) is 29.6 Å². The average Bonchev–Trinajstić information content (AvgIpc) is 2.87. The topological polar surface area (TPSA) is 63.4 Å². The van der Waals surface area contributed by atoms with Gasteiger partial charge in [-0.1, -0.05) is 23.7 Å². The fourth-order valence-corrected chi connectivity index (χ4v) is 3.80. The van der Waals surface area contributed by atoms with Gasteiger partial charge in [0.1, 0.15) is 0 Å². The summed E-state index contributed by atoms with van der Waals surface area (Å²) in [6.45, 7) is 0.920. The fraction of sp³-hybridized carbons (Fsp3) is 0.385. The number of nitrogens with zero attached hydrogens (tertiary/aromatic N) is 1. The van der Waals surface area contributed by atoms with Crippen molar-refractivity contribution in [1.29, 1.82) is 0 Å². The van der Waals surface area contributed by atoms with Crippen LogP contribution >= 0.6 is 11.6 Å². The van der Waals surface area contributed by atoms with E-state index in [2.05, 4.69) is 0 Å². The molecule has 0 aromatic heterocycles. The maximum Gasteiger partial charge on any atom is 0.236 e. The molecule has 1 aromatic carbocycles. The molecule has 0 aliphatic carbocycles. The van der Waals surface area contributed by atoms with Crippen LogP contribution in [0.3, 0.4) is 0 Å². The van der Waals surface area contributed by atoms with Gasteiger partial charge in [-0.3, -0.25) is 0 Å². The standard InChI is InChI=1S/C13H17ClN2O2S/c14-12-5-3-11(4-6-12)7-9-19(17,18)16-8-1-2-13(16)10-15/h3-7,9,13H,1-2,8,10,15H2/b9-7+. The van der Waals surface area contributed by atoms with Crippen molar-refractivity contribution in [1.82, 2.24) is 4.31 Å². The van der Waals surface area contributed by atoms with Crippen molar-refractivity contribution in [3.63, 3.8) is 0 Å². The van der Waals surface area contributed by atoms with Gasteiger partial charge >= 0.3 is 0 Å². The Morgan fingerprint density at radius 2 is 2.05 bits per heavy atom. The molecule has 0 saturated carbocycles. The Bertz CT molecular complexity index is 555. The predicted molar refractivity (Wildman–Crippen MR) is 78.2 cm³/mol. The summed E-state index contributed by atoms with van der Waals surface area (Å²) in [5.74, 6) is 0. The highest BCUT2D eigenvalue weighted by Crippen LogP contribution is 2.21. The molecule has 6 heteroatoms. The second kappa shape index (κ2) is 6.05. The van der Waals surface area contributed by atoms with E-state index in [9.17, 15) is 8.42 Å². The second-order valence-electron chi connectivity index (χ2n) is 4.54. The molecule has 1 saturated heterocycles. The van der Waals surface area contributed by atoms with E-state index in [1.165, 1.54) is 9.71 Å². The highest BCUT2D eigenvalue weighted by atomic mass is 35.5. The van der Waals surface area contributed by atoms with Crippen molar-refractivity contribution in [2.45, 2.75) is 18.9 Å². The number of rotatable bonds is 4. The van der Waals surface area contributed by atoms with Crippen molar-refractivity contribution in [2.24, 2.45) is 5.73 Å². The molecule has 1 aliphatic rings. The molecule has 1 aromatic rings. The Morgan fingerprint density at radius 1 is 1.37 bits per heavy atom. The van der Waals surface area contributed by atoms with E-state index >= 15 is 0 Å². The van der Waals surface area contributed by atoms with Crippen LogP contribution in [0.4, 0.5) is 0 Å². The van der Waals surface area contributed by atoms with E-state index in [-0.39, 0.29) is 6.04 Å². The normalized spacial score (nSPS) is 21.3. The van der Waals surface area contributed by atoms with Gasteiger partial charge in [0.05, 0.1) is 0 Å². The van der Waals surface area contributed by atoms with Crippen molar-refractivity contribution in [3.05, 3.63) is 40.3 Å². The molecule has 1 heterocycles. The lowest BCUT2D eigenvalue weighted by molar-refractivity contribution is 0.398. The zero-order valence-corrected chi connectivity index (χ0v) is 12.1. The van der Waals surface area contributed by atoms with Gasteiger partial charge < -0.3 is 5.73 Å². The summed E-state index contributed by atoms with van der Waals surface area (Å²) in [6, 6.07) is 6.94. The van der Waals surface area contributed by atoms with Crippen LogP contribution < -0.4 is 5.73 Å². The van der Waals surface area contributed by atoms with E-state index in [1.807, 2.05) is 0 Å². The highest BCUT2D eigenvalue weighted by Gasteiger charge is 2.31. The summed E-state index contributed by atoms with van der Waals surface area (Å²) >= 11 is 5.78. The number of hydrogen-bond donors (Lipinski definition) is 1. The molecule has 0 spiro atoms. The Labute approximate surface area is 118 Å². The van der Waals surface area contributed by atoms with Crippen LogP contribution in [-0.4, -0.2) is 31.9 Å². The average molecular weight is 301 g/mol. The molecular weight excluding hydrogens is 284 g/mol. The molecule has 0 radical (unpaired) electrons. The van der Waals surface area contributed by atoms with Gasteiger partial charge in [-0.15, -0.1) is 0 Å². The zero-order valence-electron chi connectivity index (χ0n) is 10.5. The molecule has 104 valence electrons. The summed E-state index contributed by atoms with van der Waals surface area (Å²) in [6.07, 6.45) is 3.29. The first-order valence-corrected chi connectivity index (χ1v) is 8.06. The van der Waals surface area contributed by atoms with Crippen LogP contribution in [0.25, 0.3) is 6.08 Å². The number of benzene rings is 1. The summed E-state index contributed by atoms with van der Waals surface area (Å²) in [4.78, 5) is 0. The van der Waals surface area contributed by atoms with Gasteiger partial charge in [-0.2, -0.15) is 4.31 Å². The van der Waals surface area contributed by atoms with Crippen molar-refractivity contribution >= 4 is 27.7 Å². The SMILES string of the molecule is NCC1CCCN1S(=O)(=O)/C=C/c1ccc(Cl)cc1. The lowest BCUT2D eigenvalue weighted by Crippen LogP contribution is -2.38. The Morgan fingerprint density at radius 3 is 2.68 bits per heavy atom. The Kier molecular flexibility index (Phi) is 4.62. The predicted octanol–water partition coefficient (Wildman–Crippen LogP) is 2.06. The van der Waals surface area contributed by atoms with Gasteiger partial charge in [-0.05, 0) is 36.6 Å². The van der Waals surface area contributed by atoms with E-state index in [4.69, 9.17) is 17.3 Å². The molecule has 1 unspecified atom stereocenters. The Balaban J connectivity index is 2.14. The van der Waals surface area contributed by atoms with Crippen LogP contribution in [0.2, 0.25) is 5.02 Å². The minimum Gasteiger partial charge on any atom is -0.329 e. The molecule has 0 bridgehead atoms. The lowest BCUT2D eigenvalue weighted by atomic mass is 10.2. The minimum absolute atomic E-state index is 0.0696. The van der Waals surface area contributed by atoms with Crippen LogP contribution in [0, 0.1) is 0 Å². The molecule has 2 N–H and O–H groups in total. The molecule has 1 aliphatic heterocycles. The van der Waals surface area contributed by atoms with Crippen molar-refractivity contribution in [2.75, 3.05) is 13.1 Å². The minimum atomic E-state index is -3.39. The summed E-state index contributed by atoms with van der Waals surface area (Å²) < 4.78 is 25.9. The van der Waals surface area contributed by atoms with Crippen molar-refractivity contribution < 1.29 is 8.42 Å². The molecule has 1 atom stereocenters. The van der Waals surface area contributed by atoms with Gasteiger partial charge in [-0.25, -0.2) is 8.42 Å². The molecule has 19 heavy (non-hydrogen) atoms. The largest absolute Gasteiger partial charge is 0.329 e. The monoisotopic (exact) mass is 300 g/mol. The number of halogens is 1. The number of sulfonamides is 1. The maximum absolute atomic E-state index is 12.2. The Hall–Kier alpha value is -0.880. The third-order valence-corrected chi connectivity index (χ3v) is 5.09. The first kappa shape index (κ1) is 14.5. The molecule has 2 rings (SSSR count). The van der Waals surface area contributed by atoms with E-state index in [1.54, 1.807) is 30.3 Å². The van der Waals surface area contributed by atoms with Crippen molar-refractivity contribution in [3.8, 4) is 0 Å². The van der Waals surface area contributed by atoms with Crippen LogP contribution in [0.1, 0.15) is 18.4 Å². The maximum atomic E-state index is 12.2. The first-order valence-electron chi connectivity index (χ1n) is 6.18. The van der Waals surface area contributed by atoms with E-state index in [0.29, 0.717) is 18.1 Å². The number of hydrogen-bond acceptors (Lipinski definition) is 3. The van der Waals surface area contributed by atoms with Gasteiger partial charge in [0.15, 0.2) is 0 Å². The quantitative estimate of drug-likeness (QED) is 0.926. The third-order valence-electron chi connectivity index (χ3n) is 3.22.